The highest BCUT2D eigenvalue weighted by Gasteiger charge is 2.15. The third-order valence-electron chi connectivity index (χ3n) is 2.14. The monoisotopic (exact) mass is 310 g/mol. The second-order valence-electron chi connectivity index (χ2n) is 3.70. The number of hydrogen-bond donors (Lipinski definition) is 1. The Balaban J connectivity index is 2.04. The molecule has 0 unspecified atom stereocenters. The number of nitro groups is 1. The predicted octanol–water partition coefficient (Wildman–Crippen LogP) is 2.70. The summed E-state index contributed by atoms with van der Waals surface area (Å²) in [5.74, 6) is 0.271. The van der Waals surface area contributed by atoms with E-state index in [2.05, 4.69) is 15.3 Å². The van der Waals surface area contributed by atoms with E-state index >= 15 is 0 Å². The molecule has 2 heterocycles. The summed E-state index contributed by atoms with van der Waals surface area (Å²) >= 11 is 2.55. The standard InChI is InChI=1S/C11H10N4O3S2/c1-7(16)13-11-14-8(6-20-11)5-19-10-9(15(17)18)3-2-4-12-10/h2-4,6H,5H2,1H3,(H,13,14,16). The van der Waals surface area contributed by atoms with Gasteiger partial charge in [0.15, 0.2) is 10.2 Å². The third kappa shape index (κ3) is 3.75. The molecule has 0 aromatic carbocycles. The summed E-state index contributed by atoms with van der Waals surface area (Å²) in [5.41, 5.74) is 0.721. The van der Waals surface area contributed by atoms with Gasteiger partial charge in [-0.3, -0.25) is 14.9 Å². The van der Waals surface area contributed by atoms with Crippen LogP contribution in [0.1, 0.15) is 12.6 Å². The molecule has 1 N–H and O–H groups in total. The van der Waals surface area contributed by atoms with Gasteiger partial charge in [-0.05, 0) is 6.07 Å². The number of thiazole rings is 1. The molecule has 1 amide bonds. The maximum absolute atomic E-state index is 10.9. The number of nitrogens with one attached hydrogen (secondary N) is 1. The van der Waals surface area contributed by atoms with Crippen molar-refractivity contribution >= 4 is 39.8 Å². The van der Waals surface area contributed by atoms with Crippen LogP contribution in [-0.2, 0) is 10.5 Å². The number of carbonyl (C=O) groups is 1. The molecule has 0 saturated heterocycles. The van der Waals surface area contributed by atoms with Crippen LogP contribution in [0.4, 0.5) is 10.8 Å². The zero-order valence-electron chi connectivity index (χ0n) is 10.4. The molecule has 2 aromatic rings. The molecule has 0 aliphatic rings. The van der Waals surface area contributed by atoms with E-state index < -0.39 is 4.92 Å². The van der Waals surface area contributed by atoms with Crippen molar-refractivity contribution < 1.29 is 9.72 Å². The van der Waals surface area contributed by atoms with Gasteiger partial charge in [0.25, 0.3) is 0 Å². The van der Waals surface area contributed by atoms with Gasteiger partial charge in [0, 0.05) is 30.3 Å². The van der Waals surface area contributed by atoms with Crippen molar-refractivity contribution in [2.75, 3.05) is 5.32 Å². The maximum Gasteiger partial charge on any atom is 0.301 e. The van der Waals surface area contributed by atoms with Crippen LogP contribution >= 0.6 is 23.1 Å². The number of amides is 1. The lowest BCUT2D eigenvalue weighted by atomic mass is 10.4. The van der Waals surface area contributed by atoms with Crippen LogP contribution in [0.15, 0.2) is 28.7 Å². The van der Waals surface area contributed by atoms with E-state index in [0.29, 0.717) is 15.9 Å². The molecule has 7 nitrogen and oxygen atoms in total. The fourth-order valence-corrected chi connectivity index (χ4v) is 3.08. The first-order chi connectivity index (χ1) is 9.56. The summed E-state index contributed by atoms with van der Waals surface area (Å²) in [6.07, 6.45) is 1.51. The van der Waals surface area contributed by atoms with E-state index in [-0.39, 0.29) is 11.6 Å². The van der Waals surface area contributed by atoms with E-state index in [4.69, 9.17) is 0 Å². The molecule has 0 aliphatic carbocycles. The predicted molar refractivity (Wildman–Crippen MR) is 76.9 cm³/mol. The fourth-order valence-electron chi connectivity index (χ4n) is 1.36. The molecule has 104 valence electrons. The average Bonchev–Trinajstić information content (AvgIpc) is 2.83. The number of nitrogens with zero attached hydrogens (tertiary/aromatic N) is 3. The molecule has 9 heteroatoms. The van der Waals surface area contributed by atoms with E-state index in [1.807, 2.05) is 0 Å². The maximum atomic E-state index is 10.9. The SMILES string of the molecule is CC(=O)Nc1nc(CSc2ncccc2[N+](=O)[O-])cs1. The Hall–Kier alpha value is -2.00. The van der Waals surface area contributed by atoms with Gasteiger partial charge in [-0.1, -0.05) is 11.8 Å². The van der Waals surface area contributed by atoms with E-state index in [1.54, 1.807) is 5.38 Å². The quantitative estimate of drug-likeness (QED) is 0.518. The minimum Gasteiger partial charge on any atom is -0.302 e. The molecule has 0 bridgehead atoms. The van der Waals surface area contributed by atoms with Crippen LogP contribution in [0.5, 0.6) is 0 Å². The van der Waals surface area contributed by atoms with Gasteiger partial charge in [0.2, 0.25) is 5.91 Å². The Bertz CT molecular complexity index is 644. The third-order valence-corrected chi connectivity index (χ3v) is 3.97. The summed E-state index contributed by atoms with van der Waals surface area (Å²) < 4.78 is 0. The Kier molecular flexibility index (Phi) is 4.64. The normalized spacial score (nSPS) is 10.2. The minimum absolute atomic E-state index is 0.0187. The summed E-state index contributed by atoms with van der Waals surface area (Å²) in [5, 5.41) is 16.1. The summed E-state index contributed by atoms with van der Waals surface area (Å²) in [6.45, 7) is 1.41. The number of pyridine rings is 1. The van der Waals surface area contributed by atoms with Gasteiger partial charge in [-0.25, -0.2) is 9.97 Å². The molecule has 0 aliphatic heterocycles. The molecule has 0 spiro atoms. The molecule has 0 atom stereocenters. The van der Waals surface area contributed by atoms with Crippen molar-refractivity contribution in [2.24, 2.45) is 0 Å². The zero-order chi connectivity index (χ0) is 14.5. The Morgan fingerprint density at radius 1 is 1.60 bits per heavy atom. The minimum atomic E-state index is -0.459. The molecule has 0 fully saturated rings. The smallest absolute Gasteiger partial charge is 0.301 e. The molecular weight excluding hydrogens is 300 g/mol. The van der Waals surface area contributed by atoms with Gasteiger partial charge in [0.1, 0.15) is 0 Å². The van der Waals surface area contributed by atoms with Gasteiger partial charge < -0.3 is 5.32 Å². The second kappa shape index (κ2) is 6.44. The fraction of sp³-hybridized carbons (Fsp3) is 0.182. The van der Waals surface area contributed by atoms with Gasteiger partial charge in [0.05, 0.1) is 10.6 Å². The lowest BCUT2D eigenvalue weighted by molar-refractivity contribution is -0.388. The Morgan fingerprint density at radius 2 is 2.40 bits per heavy atom. The van der Waals surface area contributed by atoms with Gasteiger partial charge >= 0.3 is 5.69 Å². The van der Waals surface area contributed by atoms with Crippen molar-refractivity contribution in [3.8, 4) is 0 Å². The highest BCUT2D eigenvalue weighted by molar-refractivity contribution is 7.98. The number of aromatic nitrogens is 2. The first kappa shape index (κ1) is 14.4. The van der Waals surface area contributed by atoms with Crippen molar-refractivity contribution in [1.29, 1.82) is 0 Å². The first-order valence-corrected chi connectivity index (χ1v) is 7.37. The van der Waals surface area contributed by atoms with Crippen LogP contribution in [0.2, 0.25) is 0 Å². The Labute approximate surface area is 122 Å². The molecule has 20 heavy (non-hydrogen) atoms. The van der Waals surface area contributed by atoms with Crippen LogP contribution in [-0.4, -0.2) is 20.8 Å². The Morgan fingerprint density at radius 3 is 3.10 bits per heavy atom. The van der Waals surface area contributed by atoms with E-state index in [1.165, 1.54) is 48.4 Å². The molecular formula is C11H10N4O3S2. The molecule has 0 radical (unpaired) electrons. The van der Waals surface area contributed by atoms with E-state index in [9.17, 15) is 14.9 Å². The summed E-state index contributed by atoms with van der Waals surface area (Å²) in [6, 6.07) is 2.94. The number of anilines is 1. The van der Waals surface area contributed by atoms with Crippen molar-refractivity contribution in [1.82, 2.24) is 9.97 Å². The average molecular weight is 310 g/mol. The number of thioether (sulfide) groups is 1. The highest BCUT2D eigenvalue weighted by atomic mass is 32.2. The lowest BCUT2D eigenvalue weighted by Crippen LogP contribution is -2.05. The van der Waals surface area contributed by atoms with Crippen LogP contribution in [0.3, 0.4) is 0 Å². The largest absolute Gasteiger partial charge is 0.302 e. The summed E-state index contributed by atoms with van der Waals surface area (Å²) in [7, 11) is 0. The van der Waals surface area contributed by atoms with Gasteiger partial charge in [-0.15, -0.1) is 11.3 Å². The van der Waals surface area contributed by atoms with E-state index in [0.717, 1.165) is 5.69 Å². The number of hydrogen-bond acceptors (Lipinski definition) is 7. The molecule has 0 saturated carbocycles. The van der Waals surface area contributed by atoms with Crippen LogP contribution < -0.4 is 5.32 Å². The number of carbonyl (C=O) groups excluding carboxylic acids is 1. The second-order valence-corrected chi connectivity index (χ2v) is 5.52. The van der Waals surface area contributed by atoms with Gasteiger partial charge in [-0.2, -0.15) is 0 Å². The topological polar surface area (TPSA) is 98.0 Å². The molecule has 2 aromatic heterocycles. The van der Waals surface area contributed by atoms with Crippen LogP contribution in [0.25, 0.3) is 0 Å². The highest BCUT2D eigenvalue weighted by Crippen LogP contribution is 2.29. The van der Waals surface area contributed by atoms with Crippen molar-refractivity contribution in [3.63, 3.8) is 0 Å². The zero-order valence-corrected chi connectivity index (χ0v) is 12.0. The van der Waals surface area contributed by atoms with Crippen molar-refractivity contribution in [3.05, 3.63) is 39.5 Å². The lowest BCUT2D eigenvalue weighted by Gasteiger charge is -1.99. The molecule has 2 rings (SSSR count). The van der Waals surface area contributed by atoms with Crippen molar-refractivity contribution in [2.45, 2.75) is 17.7 Å². The number of rotatable bonds is 5. The first-order valence-electron chi connectivity index (χ1n) is 5.50. The van der Waals surface area contributed by atoms with Crippen LogP contribution in [0, 0.1) is 10.1 Å². The summed E-state index contributed by atoms with van der Waals surface area (Å²) in [4.78, 5) is 29.5.